The molecule has 0 aromatic carbocycles. The van der Waals surface area contributed by atoms with Crippen LogP contribution >= 0.6 is 12.2 Å². The molecular weight excluding hydrogens is 92.1 g/mol. The van der Waals surface area contributed by atoms with Crippen molar-refractivity contribution in [3.05, 3.63) is 6.92 Å². The molecule has 1 heteroatoms. The van der Waals surface area contributed by atoms with Crippen LogP contribution in [-0.2, 0) is 0 Å². The molecule has 0 aromatic heterocycles. The van der Waals surface area contributed by atoms with E-state index >= 15 is 0 Å². The highest BCUT2D eigenvalue weighted by atomic mass is 32.1. The summed E-state index contributed by atoms with van der Waals surface area (Å²) in [6.07, 6.45) is 0. The molecule has 0 aromatic rings. The molecule has 0 atom stereocenters. The van der Waals surface area contributed by atoms with Crippen molar-refractivity contribution in [3.8, 4) is 0 Å². The molecule has 0 amide bonds. The van der Waals surface area contributed by atoms with Crippen LogP contribution in [0.5, 0.6) is 0 Å². The van der Waals surface area contributed by atoms with Gasteiger partial charge in [0.2, 0.25) is 0 Å². The monoisotopic (exact) mass is 101 g/mol. The summed E-state index contributed by atoms with van der Waals surface area (Å²) in [7, 11) is 0. The van der Waals surface area contributed by atoms with Gasteiger partial charge in [0.05, 0.1) is 0 Å². The van der Waals surface area contributed by atoms with Gasteiger partial charge in [-0.2, -0.15) is 0 Å². The fraction of sp³-hybridized carbons (Fsp3) is 0.600. The van der Waals surface area contributed by atoms with Crippen LogP contribution in [-0.4, -0.2) is 5.37 Å². The summed E-state index contributed by atoms with van der Waals surface area (Å²) in [4.78, 5) is 0. The minimum absolute atomic E-state index is 0.0185. The quantitative estimate of drug-likeness (QED) is 0.359. The molecule has 6 heavy (non-hydrogen) atoms. The van der Waals surface area contributed by atoms with Crippen molar-refractivity contribution in [1.82, 2.24) is 0 Å². The zero-order valence-corrected chi connectivity index (χ0v) is 5.01. The van der Waals surface area contributed by atoms with Gasteiger partial charge in [-0.1, -0.05) is 26.1 Å². The molecule has 0 aliphatic carbocycles. The summed E-state index contributed by atoms with van der Waals surface area (Å²) in [5, 5.41) is 1.66. The maximum Gasteiger partial charge on any atom is -0.0455 e. The van der Waals surface area contributed by atoms with Crippen LogP contribution in [0.1, 0.15) is 13.8 Å². The molecule has 0 aliphatic rings. The molecule has 36 valence electrons. The van der Waals surface area contributed by atoms with Gasteiger partial charge in [-0.15, -0.1) is 5.41 Å². The van der Waals surface area contributed by atoms with E-state index in [1.165, 1.54) is 0 Å². The lowest BCUT2D eigenvalue weighted by Crippen LogP contribution is -2.03. The number of hydrogen-bond acceptors (Lipinski definition) is 1. The molecule has 0 radical (unpaired) electrons. The number of rotatable bonds is 1. The Kier molecular flexibility index (Phi) is 1.72. The van der Waals surface area contributed by atoms with Gasteiger partial charge in [0.1, 0.15) is 0 Å². The zero-order chi connectivity index (χ0) is 5.21. The summed E-state index contributed by atoms with van der Waals surface area (Å²) in [5.74, 6) is 0. The SMILES string of the molecule is [CH2-]C(C)(C)C=S. The third kappa shape index (κ3) is 4.09. The van der Waals surface area contributed by atoms with E-state index in [1.807, 2.05) is 13.8 Å². The van der Waals surface area contributed by atoms with E-state index in [2.05, 4.69) is 19.1 Å². The normalized spacial score (nSPS) is 11.2. The summed E-state index contributed by atoms with van der Waals surface area (Å²) < 4.78 is 0. The first-order valence-electron chi connectivity index (χ1n) is 1.88. The topological polar surface area (TPSA) is 0 Å². The van der Waals surface area contributed by atoms with Crippen LogP contribution in [0.3, 0.4) is 0 Å². The van der Waals surface area contributed by atoms with Gasteiger partial charge in [-0.05, 0) is 5.37 Å². The van der Waals surface area contributed by atoms with Gasteiger partial charge in [0.25, 0.3) is 0 Å². The maximum absolute atomic E-state index is 4.60. The first-order chi connectivity index (χ1) is 2.56. The van der Waals surface area contributed by atoms with Gasteiger partial charge in [0, 0.05) is 0 Å². The Morgan fingerprint density at radius 2 is 1.83 bits per heavy atom. The second-order valence-corrected chi connectivity index (χ2v) is 2.34. The van der Waals surface area contributed by atoms with Crippen molar-refractivity contribution in [2.24, 2.45) is 5.41 Å². The lowest BCUT2D eigenvalue weighted by atomic mass is 10.0. The van der Waals surface area contributed by atoms with Crippen LogP contribution in [0.25, 0.3) is 0 Å². The maximum atomic E-state index is 4.60. The van der Waals surface area contributed by atoms with Crippen LogP contribution in [0.4, 0.5) is 0 Å². The summed E-state index contributed by atoms with van der Waals surface area (Å²) in [6, 6.07) is 0. The molecular formula is C5H9S-. The van der Waals surface area contributed by atoms with Crippen molar-refractivity contribution in [2.75, 3.05) is 0 Å². The Morgan fingerprint density at radius 1 is 1.67 bits per heavy atom. The highest BCUT2D eigenvalue weighted by Gasteiger charge is 1.91. The summed E-state index contributed by atoms with van der Waals surface area (Å²) in [5.41, 5.74) is -0.0185. The van der Waals surface area contributed by atoms with Crippen molar-refractivity contribution in [1.29, 1.82) is 0 Å². The van der Waals surface area contributed by atoms with Crippen LogP contribution < -0.4 is 0 Å². The molecule has 0 heterocycles. The first-order valence-corrected chi connectivity index (χ1v) is 2.35. The van der Waals surface area contributed by atoms with E-state index in [0.717, 1.165) is 0 Å². The van der Waals surface area contributed by atoms with E-state index < -0.39 is 0 Å². The largest absolute Gasteiger partial charge is 0.333 e. The zero-order valence-electron chi connectivity index (χ0n) is 4.19. The van der Waals surface area contributed by atoms with Gasteiger partial charge in [-0.25, -0.2) is 0 Å². The van der Waals surface area contributed by atoms with Gasteiger partial charge < -0.3 is 6.92 Å². The number of hydrogen-bond donors (Lipinski definition) is 0. The van der Waals surface area contributed by atoms with E-state index in [4.69, 9.17) is 0 Å². The lowest BCUT2D eigenvalue weighted by molar-refractivity contribution is 0.698. The number of thiocarbonyl (C=S) groups is 1. The molecule has 0 N–H and O–H groups in total. The van der Waals surface area contributed by atoms with Crippen molar-refractivity contribution >= 4 is 17.6 Å². The average molecular weight is 101 g/mol. The molecule has 0 unspecified atom stereocenters. The van der Waals surface area contributed by atoms with E-state index in [1.54, 1.807) is 5.37 Å². The molecule has 0 nitrogen and oxygen atoms in total. The third-order valence-corrected chi connectivity index (χ3v) is 0.957. The van der Waals surface area contributed by atoms with E-state index in [-0.39, 0.29) is 5.41 Å². The predicted octanol–water partition coefficient (Wildman–Crippen LogP) is 1.85. The molecule has 0 saturated carbocycles. The van der Waals surface area contributed by atoms with Gasteiger partial charge >= 0.3 is 0 Å². The second kappa shape index (κ2) is 1.69. The standard InChI is InChI=1S/C5H9S/c1-5(2,3)4-6/h4H,1H2,2-3H3/q-1. The predicted molar refractivity (Wildman–Crippen MR) is 32.8 cm³/mol. The smallest absolute Gasteiger partial charge is 0.0455 e. The Hall–Kier alpha value is 0.0900. The highest BCUT2D eigenvalue weighted by Crippen LogP contribution is 2.06. The third-order valence-electron chi connectivity index (χ3n) is 0.319. The molecule has 0 rings (SSSR count). The molecule has 0 saturated heterocycles. The first kappa shape index (κ1) is 6.09. The highest BCUT2D eigenvalue weighted by molar-refractivity contribution is 7.79. The van der Waals surface area contributed by atoms with Crippen molar-refractivity contribution < 1.29 is 0 Å². The Labute approximate surface area is 44.6 Å². The van der Waals surface area contributed by atoms with Gasteiger partial charge in [0.15, 0.2) is 0 Å². The van der Waals surface area contributed by atoms with Crippen molar-refractivity contribution in [2.45, 2.75) is 13.8 Å². The lowest BCUT2D eigenvalue weighted by Gasteiger charge is -2.17. The molecule has 0 spiro atoms. The summed E-state index contributed by atoms with van der Waals surface area (Å²) >= 11 is 4.60. The molecule has 0 aliphatic heterocycles. The van der Waals surface area contributed by atoms with Crippen LogP contribution in [0.15, 0.2) is 0 Å². The molecule has 0 bridgehead atoms. The average Bonchev–Trinajstić information content (AvgIpc) is 1.35. The fourth-order valence-corrected chi connectivity index (χ4v) is 0. The molecule has 0 fully saturated rings. The van der Waals surface area contributed by atoms with Crippen molar-refractivity contribution in [3.63, 3.8) is 0 Å². The second-order valence-electron chi connectivity index (χ2n) is 2.11. The van der Waals surface area contributed by atoms with E-state index in [0.29, 0.717) is 0 Å². The summed E-state index contributed by atoms with van der Waals surface area (Å²) in [6.45, 7) is 7.67. The van der Waals surface area contributed by atoms with Crippen LogP contribution in [0.2, 0.25) is 0 Å². The minimum atomic E-state index is -0.0185. The Bertz CT molecular complexity index is 49.4. The minimum Gasteiger partial charge on any atom is -0.333 e. The van der Waals surface area contributed by atoms with Gasteiger partial charge in [-0.3, -0.25) is 0 Å². The van der Waals surface area contributed by atoms with Crippen LogP contribution in [0, 0.1) is 12.3 Å². The fourth-order valence-electron chi connectivity index (χ4n) is 0. The Morgan fingerprint density at radius 3 is 1.83 bits per heavy atom. The van der Waals surface area contributed by atoms with E-state index in [9.17, 15) is 0 Å². The Balaban J connectivity index is 3.45.